The Balaban J connectivity index is 1.59. The maximum absolute atomic E-state index is 13.1. The van der Waals surface area contributed by atoms with E-state index in [-0.39, 0.29) is 33.1 Å². The Labute approximate surface area is 186 Å². The van der Waals surface area contributed by atoms with Crippen LogP contribution >= 0.6 is 0 Å². The molecule has 9 nitrogen and oxygen atoms in total. The van der Waals surface area contributed by atoms with E-state index >= 15 is 0 Å². The summed E-state index contributed by atoms with van der Waals surface area (Å²) >= 11 is 0. The number of sulfonamides is 2. The van der Waals surface area contributed by atoms with E-state index in [1.54, 1.807) is 4.31 Å². The van der Waals surface area contributed by atoms with Crippen molar-refractivity contribution in [1.29, 1.82) is 0 Å². The van der Waals surface area contributed by atoms with Gasteiger partial charge >= 0.3 is 5.76 Å². The second-order valence-electron chi connectivity index (χ2n) is 8.15. The predicted octanol–water partition coefficient (Wildman–Crippen LogP) is 2.88. The molecule has 11 heteroatoms. The van der Waals surface area contributed by atoms with E-state index in [1.807, 2.05) is 13.8 Å². The number of anilines is 1. The molecule has 1 N–H and O–H groups in total. The Bertz CT molecular complexity index is 1410. The van der Waals surface area contributed by atoms with Gasteiger partial charge in [0.2, 0.25) is 10.0 Å². The molecule has 3 aromatic rings. The lowest BCUT2D eigenvalue weighted by Gasteiger charge is -2.37. The zero-order chi connectivity index (χ0) is 23.3. The molecular formula is C21H25N3O6S2. The van der Waals surface area contributed by atoms with Crippen molar-refractivity contribution < 1.29 is 21.3 Å². The smallest absolute Gasteiger partial charge is 0.408 e. The lowest BCUT2D eigenvalue weighted by atomic mass is 10.0. The summed E-state index contributed by atoms with van der Waals surface area (Å²) in [5.74, 6) is -0.586. The molecule has 2 unspecified atom stereocenters. The van der Waals surface area contributed by atoms with Gasteiger partial charge in [0.25, 0.3) is 10.0 Å². The van der Waals surface area contributed by atoms with Gasteiger partial charge in [0, 0.05) is 30.9 Å². The SMILES string of the molecule is CC1CCCC(C)N1S(=O)(=O)c1ccc(NS(=O)(=O)c2ccc3c(c2)oc(=O)n3C)cc1. The molecule has 0 spiro atoms. The van der Waals surface area contributed by atoms with E-state index in [9.17, 15) is 21.6 Å². The van der Waals surface area contributed by atoms with Gasteiger partial charge in [-0.3, -0.25) is 9.29 Å². The molecule has 4 rings (SSSR count). The van der Waals surface area contributed by atoms with Gasteiger partial charge in [0.1, 0.15) is 0 Å². The van der Waals surface area contributed by atoms with E-state index in [2.05, 4.69) is 4.72 Å². The van der Waals surface area contributed by atoms with Crippen LogP contribution in [0.2, 0.25) is 0 Å². The molecule has 1 aliphatic heterocycles. The number of hydrogen-bond acceptors (Lipinski definition) is 6. The summed E-state index contributed by atoms with van der Waals surface area (Å²) in [7, 11) is -6.13. The van der Waals surface area contributed by atoms with Crippen LogP contribution in [0.25, 0.3) is 11.1 Å². The van der Waals surface area contributed by atoms with Crippen molar-refractivity contribution in [3.8, 4) is 0 Å². The summed E-state index contributed by atoms with van der Waals surface area (Å²) in [6.45, 7) is 3.81. The zero-order valence-electron chi connectivity index (χ0n) is 18.0. The van der Waals surface area contributed by atoms with Gasteiger partial charge in [0.05, 0.1) is 15.3 Å². The normalized spacial score (nSPS) is 20.5. The lowest BCUT2D eigenvalue weighted by Crippen LogP contribution is -2.47. The van der Waals surface area contributed by atoms with Gasteiger partial charge in [-0.05, 0) is 63.1 Å². The van der Waals surface area contributed by atoms with Crippen molar-refractivity contribution in [2.45, 2.75) is 55.0 Å². The topological polar surface area (TPSA) is 119 Å². The Kier molecular flexibility index (Phi) is 5.68. The van der Waals surface area contributed by atoms with E-state index in [4.69, 9.17) is 4.42 Å². The van der Waals surface area contributed by atoms with Gasteiger partial charge < -0.3 is 4.42 Å². The van der Waals surface area contributed by atoms with Gasteiger partial charge in [-0.15, -0.1) is 0 Å². The first-order valence-corrected chi connectivity index (χ1v) is 13.2. The first kappa shape index (κ1) is 22.6. The molecule has 1 aromatic heterocycles. The minimum Gasteiger partial charge on any atom is -0.408 e. The van der Waals surface area contributed by atoms with Crippen molar-refractivity contribution >= 4 is 36.8 Å². The van der Waals surface area contributed by atoms with E-state index in [0.717, 1.165) is 19.3 Å². The number of nitrogens with zero attached hydrogens (tertiary/aromatic N) is 2. The number of piperidine rings is 1. The van der Waals surface area contributed by atoms with Crippen LogP contribution in [-0.2, 0) is 27.1 Å². The summed E-state index contributed by atoms with van der Waals surface area (Å²) in [4.78, 5) is 11.7. The standard InChI is InChI=1S/C21H25N3O6S2/c1-14-5-4-6-15(2)24(14)32(28,29)17-9-7-16(8-10-17)22-31(26,27)18-11-12-19-20(13-18)30-21(25)23(19)3/h7-15,22H,4-6H2,1-3H3. The van der Waals surface area contributed by atoms with Crippen LogP contribution in [0.1, 0.15) is 33.1 Å². The molecule has 0 bridgehead atoms. The molecule has 0 aliphatic carbocycles. The fourth-order valence-electron chi connectivity index (χ4n) is 4.18. The number of nitrogens with one attached hydrogen (secondary N) is 1. The molecule has 2 heterocycles. The largest absolute Gasteiger partial charge is 0.419 e. The third-order valence-electron chi connectivity index (χ3n) is 5.87. The lowest BCUT2D eigenvalue weighted by molar-refractivity contribution is 0.204. The number of hydrogen-bond donors (Lipinski definition) is 1. The van der Waals surface area contributed by atoms with Crippen LogP contribution < -0.4 is 10.5 Å². The number of aromatic nitrogens is 1. The Morgan fingerprint density at radius 3 is 2.16 bits per heavy atom. The minimum absolute atomic E-state index is 0.0768. The highest BCUT2D eigenvalue weighted by Crippen LogP contribution is 2.30. The van der Waals surface area contributed by atoms with Crippen molar-refractivity contribution in [3.05, 3.63) is 53.0 Å². The first-order chi connectivity index (χ1) is 15.0. The molecule has 1 saturated heterocycles. The number of fused-ring (bicyclic) bond motifs is 1. The third-order valence-corrected chi connectivity index (χ3v) is 9.39. The molecule has 2 aromatic carbocycles. The van der Waals surface area contributed by atoms with Crippen LogP contribution in [0.4, 0.5) is 5.69 Å². The van der Waals surface area contributed by atoms with Crippen LogP contribution in [0, 0.1) is 0 Å². The number of benzene rings is 2. The molecule has 32 heavy (non-hydrogen) atoms. The predicted molar refractivity (Wildman–Crippen MR) is 121 cm³/mol. The summed E-state index contributed by atoms with van der Waals surface area (Å²) in [5, 5.41) is 0. The van der Waals surface area contributed by atoms with Crippen LogP contribution in [0.3, 0.4) is 0 Å². The highest BCUT2D eigenvalue weighted by atomic mass is 32.2. The second-order valence-corrected chi connectivity index (χ2v) is 11.7. The molecule has 2 atom stereocenters. The maximum atomic E-state index is 13.1. The van der Waals surface area contributed by atoms with Gasteiger partial charge in [-0.25, -0.2) is 21.6 Å². The van der Waals surface area contributed by atoms with E-state index in [0.29, 0.717) is 5.52 Å². The van der Waals surface area contributed by atoms with Crippen LogP contribution in [0.15, 0.2) is 61.5 Å². The van der Waals surface area contributed by atoms with Crippen molar-refractivity contribution in [2.24, 2.45) is 7.05 Å². The monoisotopic (exact) mass is 479 g/mol. The van der Waals surface area contributed by atoms with Crippen molar-refractivity contribution in [1.82, 2.24) is 8.87 Å². The van der Waals surface area contributed by atoms with Crippen LogP contribution in [-0.4, -0.2) is 37.8 Å². The molecule has 1 fully saturated rings. The molecule has 0 radical (unpaired) electrons. The quantitative estimate of drug-likeness (QED) is 0.601. The molecule has 0 amide bonds. The average Bonchev–Trinajstić information content (AvgIpc) is 3.01. The molecular weight excluding hydrogens is 454 g/mol. The van der Waals surface area contributed by atoms with Crippen LogP contribution in [0.5, 0.6) is 0 Å². The zero-order valence-corrected chi connectivity index (χ0v) is 19.6. The Hall–Kier alpha value is -2.63. The summed E-state index contributed by atoms with van der Waals surface area (Å²) in [6.07, 6.45) is 2.62. The third kappa shape index (κ3) is 3.96. The van der Waals surface area contributed by atoms with E-state index < -0.39 is 25.8 Å². The maximum Gasteiger partial charge on any atom is 0.419 e. The fraction of sp³-hybridized carbons (Fsp3) is 0.381. The minimum atomic E-state index is -3.98. The van der Waals surface area contributed by atoms with Gasteiger partial charge in [0.15, 0.2) is 5.58 Å². The van der Waals surface area contributed by atoms with Crippen molar-refractivity contribution in [3.63, 3.8) is 0 Å². The Morgan fingerprint density at radius 2 is 1.53 bits per heavy atom. The summed E-state index contributed by atoms with van der Waals surface area (Å²) < 4.78 is 62.1. The molecule has 1 aliphatic rings. The highest BCUT2D eigenvalue weighted by molar-refractivity contribution is 7.92. The molecule has 172 valence electrons. The number of aryl methyl sites for hydroxylation is 1. The fourth-order valence-corrected chi connectivity index (χ4v) is 7.14. The summed E-state index contributed by atoms with van der Waals surface area (Å²) in [5.41, 5.74) is 0.856. The molecule has 0 saturated carbocycles. The van der Waals surface area contributed by atoms with Gasteiger partial charge in [-0.2, -0.15) is 4.31 Å². The first-order valence-electron chi connectivity index (χ1n) is 10.3. The van der Waals surface area contributed by atoms with E-state index in [1.165, 1.54) is 54.1 Å². The summed E-state index contributed by atoms with van der Waals surface area (Å²) in [6, 6.07) is 9.61. The van der Waals surface area contributed by atoms with Gasteiger partial charge in [-0.1, -0.05) is 6.42 Å². The highest BCUT2D eigenvalue weighted by Gasteiger charge is 2.35. The second kappa shape index (κ2) is 8.05. The average molecular weight is 480 g/mol. The number of oxazole rings is 1. The number of rotatable bonds is 5. The van der Waals surface area contributed by atoms with Crippen molar-refractivity contribution in [2.75, 3.05) is 4.72 Å². The Morgan fingerprint density at radius 1 is 0.938 bits per heavy atom.